The molecule has 0 aromatic heterocycles. The molecule has 0 spiro atoms. The second-order valence-corrected chi connectivity index (χ2v) is 6.22. The Kier molecular flexibility index (Phi) is 5.95. The Morgan fingerprint density at radius 2 is 1.91 bits per heavy atom. The third-order valence-electron chi connectivity index (χ3n) is 3.64. The van der Waals surface area contributed by atoms with E-state index < -0.39 is 11.9 Å². The monoisotopic (exact) mass is 371 g/mol. The zero-order valence-corrected chi connectivity index (χ0v) is 14.7. The minimum absolute atomic E-state index is 0.262. The molecule has 0 radical (unpaired) electrons. The molecule has 0 fully saturated rings. The predicted octanol–water partition coefficient (Wildman–Crippen LogP) is 4.59. The lowest BCUT2D eigenvalue weighted by molar-refractivity contribution is -0.146. The lowest BCUT2D eigenvalue weighted by Gasteiger charge is -2.22. The Hall–Kier alpha value is -2.12. The zero-order chi connectivity index (χ0) is 16.8. The van der Waals surface area contributed by atoms with Crippen LogP contribution in [0.4, 0.5) is 0 Å². The quantitative estimate of drug-likeness (QED) is 0.722. The summed E-state index contributed by atoms with van der Waals surface area (Å²) in [6, 6.07) is 17.7. The Morgan fingerprint density at radius 1 is 1.22 bits per heavy atom. The first-order valence-electron chi connectivity index (χ1n) is 7.45. The summed E-state index contributed by atoms with van der Waals surface area (Å²) in [6.45, 7) is 4.00. The summed E-state index contributed by atoms with van der Waals surface area (Å²) in [4.78, 5) is 12.3. The van der Waals surface area contributed by atoms with Gasteiger partial charge in [-0.1, -0.05) is 57.9 Å². The molecular weight excluding hydrogens is 354 g/mol. The van der Waals surface area contributed by atoms with Gasteiger partial charge in [-0.3, -0.25) is 4.79 Å². The molecule has 0 heterocycles. The number of ether oxygens (including phenoxy) is 1. The molecule has 118 valence electrons. The van der Waals surface area contributed by atoms with Crippen LogP contribution in [-0.4, -0.2) is 12.6 Å². The summed E-state index contributed by atoms with van der Waals surface area (Å²) in [5.74, 6) is -1.71. The highest BCUT2D eigenvalue weighted by atomic mass is 79.9. The normalized spacial score (nSPS) is 13.0. The number of rotatable bonds is 5. The van der Waals surface area contributed by atoms with Crippen molar-refractivity contribution < 1.29 is 9.53 Å². The molecule has 0 aliphatic carbocycles. The molecule has 2 aromatic carbocycles. The van der Waals surface area contributed by atoms with Crippen LogP contribution in [0.1, 0.15) is 29.5 Å². The van der Waals surface area contributed by atoms with Crippen molar-refractivity contribution in [1.29, 1.82) is 5.26 Å². The minimum atomic E-state index is -0.877. The number of carbonyl (C=O) groups is 1. The highest BCUT2D eigenvalue weighted by Gasteiger charge is 2.32. The topological polar surface area (TPSA) is 50.1 Å². The molecule has 0 aliphatic rings. The van der Waals surface area contributed by atoms with Gasteiger partial charge in [-0.15, -0.1) is 0 Å². The van der Waals surface area contributed by atoms with Crippen LogP contribution in [-0.2, 0) is 9.53 Å². The first-order valence-corrected chi connectivity index (χ1v) is 8.24. The standard InChI is InChI=1S/C19H18BrNO2/c1-3-23-19(22)17(12-21)18(14-7-9-16(20)10-8-14)15-6-4-5-13(2)11-15/h4-11,17-18H,3H2,1-2H3. The molecule has 2 atom stereocenters. The molecule has 0 saturated carbocycles. The summed E-state index contributed by atoms with van der Waals surface area (Å²) in [5, 5.41) is 9.58. The maximum Gasteiger partial charge on any atom is 0.324 e. The van der Waals surface area contributed by atoms with Gasteiger partial charge in [-0.2, -0.15) is 5.26 Å². The van der Waals surface area contributed by atoms with Gasteiger partial charge < -0.3 is 4.74 Å². The maximum atomic E-state index is 12.3. The van der Waals surface area contributed by atoms with Crippen LogP contribution < -0.4 is 0 Å². The number of hydrogen-bond acceptors (Lipinski definition) is 3. The lowest BCUT2D eigenvalue weighted by atomic mass is 9.81. The molecule has 0 bridgehead atoms. The smallest absolute Gasteiger partial charge is 0.324 e. The van der Waals surface area contributed by atoms with Crippen LogP contribution in [0.2, 0.25) is 0 Å². The molecule has 2 rings (SSSR count). The second kappa shape index (κ2) is 7.94. The van der Waals surface area contributed by atoms with E-state index in [0.717, 1.165) is 21.2 Å². The minimum Gasteiger partial charge on any atom is -0.465 e. The number of nitriles is 1. The fourth-order valence-corrected chi connectivity index (χ4v) is 2.87. The van der Waals surface area contributed by atoms with Gasteiger partial charge in [0.05, 0.1) is 12.7 Å². The first-order chi connectivity index (χ1) is 11.1. The number of hydrogen-bond donors (Lipinski definition) is 0. The van der Waals surface area contributed by atoms with E-state index in [0.29, 0.717) is 0 Å². The van der Waals surface area contributed by atoms with Crippen molar-refractivity contribution in [2.75, 3.05) is 6.61 Å². The van der Waals surface area contributed by atoms with Crippen molar-refractivity contribution in [3.05, 3.63) is 69.7 Å². The van der Waals surface area contributed by atoms with Crippen LogP contribution in [0.25, 0.3) is 0 Å². The SMILES string of the molecule is CCOC(=O)C(C#N)C(c1ccc(Br)cc1)c1cccc(C)c1. The molecule has 3 nitrogen and oxygen atoms in total. The Labute approximate surface area is 145 Å². The highest BCUT2D eigenvalue weighted by molar-refractivity contribution is 9.10. The van der Waals surface area contributed by atoms with Crippen LogP contribution in [0, 0.1) is 24.2 Å². The average Bonchev–Trinajstić information content (AvgIpc) is 2.53. The summed E-state index contributed by atoms with van der Waals surface area (Å²) < 4.78 is 6.05. The Bertz CT molecular complexity index is 719. The molecule has 4 heteroatoms. The number of aryl methyl sites for hydroxylation is 1. The Balaban J connectivity index is 2.52. The van der Waals surface area contributed by atoms with Gasteiger partial charge in [0.25, 0.3) is 0 Å². The number of benzene rings is 2. The van der Waals surface area contributed by atoms with E-state index in [1.807, 2.05) is 55.5 Å². The molecule has 0 aliphatic heterocycles. The largest absolute Gasteiger partial charge is 0.465 e. The molecule has 2 unspecified atom stereocenters. The van der Waals surface area contributed by atoms with Gasteiger partial charge in [0.15, 0.2) is 5.92 Å². The van der Waals surface area contributed by atoms with Gasteiger partial charge in [0.2, 0.25) is 0 Å². The van der Waals surface area contributed by atoms with E-state index in [-0.39, 0.29) is 12.5 Å². The summed E-state index contributed by atoms with van der Waals surface area (Å²) in [6.07, 6.45) is 0. The van der Waals surface area contributed by atoms with Gasteiger partial charge in [-0.05, 0) is 37.1 Å². The summed E-state index contributed by atoms with van der Waals surface area (Å²) in [7, 11) is 0. The molecule has 0 saturated heterocycles. The number of nitrogens with zero attached hydrogens (tertiary/aromatic N) is 1. The van der Waals surface area contributed by atoms with Crippen molar-refractivity contribution in [3.8, 4) is 6.07 Å². The maximum absolute atomic E-state index is 12.3. The molecular formula is C19H18BrNO2. The van der Waals surface area contributed by atoms with E-state index in [1.165, 1.54) is 0 Å². The number of esters is 1. The van der Waals surface area contributed by atoms with E-state index in [9.17, 15) is 10.1 Å². The van der Waals surface area contributed by atoms with E-state index in [2.05, 4.69) is 22.0 Å². The van der Waals surface area contributed by atoms with E-state index in [1.54, 1.807) is 6.92 Å². The van der Waals surface area contributed by atoms with Gasteiger partial charge in [0, 0.05) is 10.4 Å². The highest BCUT2D eigenvalue weighted by Crippen LogP contribution is 2.34. The third kappa shape index (κ3) is 4.20. The fraction of sp³-hybridized carbons (Fsp3) is 0.263. The molecule has 0 N–H and O–H groups in total. The van der Waals surface area contributed by atoms with Crippen LogP contribution in [0.15, 0.2) is 53.0 Å². The van der Waals surface area contributed by atoms with E-state index in [4.69, 9.17) is 4.74 Å². The van der Waals surface area contributed by atoms with Crippen molar-refractivity contribution >= 4 is 21.9 Å². The van der Waals surface area contributed by atoms with Crippen LogP contribution >= 0.6 is 15.9 Å². The average molecular weight is 372 g/mol. The van der Waals surface area contributed by atoms with Crippen molar-refractivity contribution in [3.63, 3.8) is 0 Å². The van der Waals surface area contributed by atoms with Crippen LogP contribution in [0.5, 0.6) is 0 Å². The lowest BCUT2D eigenvalue weighted by Crippen LogP contribution is -2.24. The van der Waals surface area contributed by atoms with Gasteiger partial charge in [0.1, 0.15) is 0 Å². The third-order valence-corrected chi connectivity index (χ3v) is 4.17. The molecule has 0 amide bonds. The zero-order valence-electron chi connectivity index (χ0n) is 13.1. The molecule has 2 aromatic rings. The van der Waals surface area contributed by atoms with Crippen molar-refractivity contribution in [2.45, 2.75) is 19.8 Å². The summed E-state index contributed by atoms with van der Waals surface area (Å²) >= 11 is 3.41. The van der Waals surface area contributed by atoms with Gasteiger partial charge in [-0.25, -0.2) is 0 Å². The number of carbonyl (C=O) groups excluding carboxylic acids is 1. The van der Waals surface area contributed by atoms with Gasteiger partial charge >= 0.3 is 5.97 Å². The Morgan fingerprint density at radius 3 is 2.48 bits per heavy atom. The fourth-order valence-electron chi connectivity index (χ4n) is 2.61. The summed E-state index contributed by atoms with van der Waals surface area (Å²) in [5.41, 5.74) is 2.94. The number of halogens is 1. The van der Waals surface area contributed by atoms with Crippen LogP contribution in [0.3, 0.4) is 0 Å². The first kappa shape index (κ1) is 17.2. The molecule has 23 heavy (non-hydrogen) atoms. The van der Waals surface area contributed by atoms with Crippen molar-refractivity contribution in [1.82, 2.24) is 0 Å². The predicted molar refractivity (Wildman–Crippen MR) is 92.9 cm³/mol. The second-order valence-electron chi connectivity index (χ2n) is 5.30. The van der Waals surface area contributed by atoms with E-state index >= 15 is 0 Å². The van der Waals surface area contributed by atoms with Crippen molar-refractivity contribution in [2.24, 2.45) is 5.92 Å².